The van der Waals surface area contributed by atoms with Gasteiger partial charge in [0.05, 0.1) is 5.69 Å². The van der Waals surface area contributed by atoms with E-state index in [-0.39, 0.29) is 5.82 Å². The SMILES string of the molecule is Cc1c2c(nn1-c1ccc(SCc3cccc(F)c3)nn1)CCC2. The third kappa shape index (κ3) is 2.94. The van der Waals surface area contributed by atoms with Crippen molar-refractivity contribution in [3.8, 4) is 5.82 Å². The predicted molar refractivity (Wildman–Crippen MR) is 91.9 cm³/mol. The van der Waals surface area contributed by atoms with Crippen LogP contribution in [0.2, 0.25) is 0 Å². The van der Waals surface area contributed by atoms with Gasteiger partial charge in [0.15, 0.2) is 5.82 Å². The van der Waals surface area contributed by atoms with Crippen LogP contribution >= 0.6 is 11.8 Å². The molecule has 0 atom stereocenters. The third-order valence-corrected chi connectivity index (χ3v) is 5.27. The number of aromatic nitrogens is 4. The second kappa shape index (κ2) is 6.36. The molecule has 0 bridgehead atoms. The van der Waals surface area contributed by atoms with Crippen LogP contribution in [0.4, 0.5) is 4.39 Å². The molecule has 6 heteroatoms. The fourth-order valence-electron chi connectivity index (χ4n) is 3.06. The Morgan fingerprint density at radius 3 is 2.83 bits per heavy atom. The van der Waals surface area contributed by atoms with Gasteiger partial charge in [0, 0.05) is 11.4 Å². The van der Waals surface area contributed by atoms with Gasteiger partial charge in [-0.3, -0.25) is 0 Å². The van der Waals surface area contributed by atoms with Gasteiger partial charge in [-0.25, -0.2) is 9.07 Å². The zero-order chi connectivity index (χ0) is 16.5. The Hall–Kier alpha value is -2.21. The molecular formula is C18H17FN4S. The summed E-state index contributed by atoms with van der Waals surface area (Å²) in [5.74, 6) is 1.20. The molecule has 4 nitrogen and oxygen atoms in total. The van der Waals surface area contributed by atoms with Gasteiger partial charge < -0.3 is 0 Å². The average Bonchev–Trinajstić information content (AvgIpc) is 3.17. The Morgan fingerprint density at radius 1 is 1.17 bits per heavy atom. The number of nitrogens with zero attached hydrogens (tertiary/aromatic N) is 4. The van der Waals surface area contributed by atoms with Crippen LogP contribution in [0, 0.1) is 12.7 Å². The highest BCUT2D eigenvalue weighted by Gasteiger charge is 2.20. The van der Waals surface area contributed by atoms with Crippen LogP contribution in [0.5, 0.6) is 0 Å². The summed E-state index contributed by atoms with van der Waals surface area (Å²) in [5, 5.41) is 14.1. The lowest BCUT2D eigenvalue weighted by atomic mass is 10.2. The number of benzene rings is 1. The molecule has 1 aromatic carbocycles. The lowest BCUT2D eigenvalue weighted by Crippen LogP contribution is -2.04. The van der Waals surface area contributed by atoms with Crippen LogP contribution in [0.25, 0.3) is 5.82 Å². The quantitative estimate of drug-likeness (QED) is 0.676. The monoisotopic (exact) mass is 340 g/mol. The van der Waals surface area contributed by atoms with Crippen LogP contribution in [0.15, 0.2) is 41.4 Å². The van der Waals surface area contributed by atoms with Gasteiger partial charge in [0.25, 0.3) is 0 Å². The summed E-state index contributed by atoms with van der Waals surface area (Å²) in [5.41, 5.74) is 4.65. The normalized spacial score (nSPS) is 13.2. The maximum Gasteiger partial charge on any atom is 0.176 e. The van der Waals surface area contributed by atoms with E-state index in [1.807, 2.05) is 22.9 Å². The minimum Gasteiger partial charge on any atom is -0.217 e. The molecule has 3 aromatic rings. The molecule has 2 heterocycles. The van der Waals surface area contributed by atoms with Crippen molar-refractivity contribution in [2.45, 2.75) is 37.0 Å². The van der Waals surface area contributed by atoms with Gasteiger partial charge in [-0.15, -0.1) is 10.2 Å². The van der Waals surface area contributed by atoms with Crippen LogP contribution in [0.3, 0.4) is 0 Å². The third-order valence-electron chi connectivity index (χ3n) is 4.28. The van der Waals surface area contributed by atoms with Crippen LogP contribution < -0.4 is 0 Å². The minimum absolute atomic E-state index is 0.211. The summed E-state index contributed by atoms with van der Waals surface area (Å²) in [4.78, 5) is 0. The highest BCUT2D eigenvalue weighted by atomic mass is 32.2. The van der Waals surface area contributed by atoms with Crippen LogP contribution in [-0.2, 0) is 18.6 Å². The Morgan fingerprint density at radius 2 is 2.08 bits per heavy atom. The lowest BCUT2D eigenvalue weighted by Gasteiger charge is -2.05. The Balaban J connectivity index is 1.49. The Kier molecular flexibility index (Phi) is 4.06. The van der Waals surface area contributed by atoms with E-state index in [1.54, 1.807) is 23.9 Å². The molecule has 0 N–H and O–H groups in total. The molecule has 0 aliphatic heterocycles. The van der Waals surface area contributed by atoms with Crippen molar-refractivity contribution in [1.82, 2.24) is 20.0 Å². The van der Waals surface area contributed by atoms with Crippen molar-refractivity contribution in [3.05, 3.63) is 64.7 Å². The molecule has 0 fully saturated rings. The molecule has 1 aliphatic rings. The molecule has 1 aliphatic carbocycles. The minimum atomic E-state index is -0.211. The largest absolute Gasteiger partial charge is 0.217 e. The van der Waals surface area contributed by atoms with E-state index in [0.717, 1.165) is 34.9 Å². The molecule has 4 rings (SSSR count). The molecule has 24 heavy (non-hydrogen) atoms. The summed E-state index contributed by atoms with van der Waals surface area (Å²) in [6.07, 6.45) is 3.36. The molecule has 2 aromatic heterocycles. The number of thioether (sulfide) groups is 1. The fraction of sp³-hybridized carbons (Fsp3) is 0.278. The van der Waals surface area contributed by atoms with Crippen molar-refractivity contribution in [2.24, 2.45) is 0 Å². The molecular weight excluding hydrogens is 323 g/mol. The molecule has 0 saturated heterocycles. The van der Waals surface area contributed by atoms with Crippen molar-refractivity contribution in [1.29, 1.82) is 0 Å². The van der Waals surface area contributed by atoms with E-state index in [4.69, 9.17) is 0 Å². The number of hydrogen-bond acceptors (Lipinski definition) is 4. The Bertz CT molecular complexity index is 873. The number of rotatable bonds is 4. The molecule has 122 valence electrons. The van der Waals surface area contributed by atoms with Crippen molar-refractivity contribution in [2.75, 3.05) is 0 Å². The summed E-state index contributed by atoms with van der Waals surface area (Å²) in [6, 6.07) is 10.5. The van der Waals surface area contributed by atoms with Crippen molar-refractivity contribution in [3.63, 3.8) is 0 Å². The average molecular weight is 340 g/mol. The zero-order valence-electron chi connectivity index (χ0n) is 13.4. The first-order valence-corrected chi connectivity index (χ1v) is 8.98. The van der Waals surface area contributed by atoms with Gasteiger partial charge in [0.1, 0.15) is 10.8 Å². The van der Waals surface area contributed by atoms with Gasteiger partial charge in [0.2, 0.25) is 0 Å². The van der Waals surface area contributed by atoms with E-state index in [0.29, 0.717) is 5.75 Å². The molecule has 0 radical (unpaired) electrons. The zero-order valence-corrected chi connectivity index (χ0v) is 14.2. The smallest absolute Gasteiger partial charge is 0.176 e. The summed E-state index contributed by atoms with van der Waals surface area (Å²) >= 11 is 1.54. The number of aryl methyl sites for hydroxylation is 1. The summed E-state index contributed by atoms with van der Waals surface area (Å²) < 4.78 is 15.1. The summed E-state index contributed by atoms with van der Waals surface area (Å²) in [7, 11) is 0. The van der Waals surface area contributed by atoms with Gasteiger partial charge >= 0.3 is 0 Å². The van der Waals surface area contributed by atoms with E-state index in [1.165, 1.54) is 23.7 Å². The molecule has 0 saturated carbocycles. The number of fused-ring (bicyclic) bond motifs is 1. The molecule has 0 unspecified atom stereocenters. The Labute approximate surface area is 144 Å². The van der Waals surface area contributed by atoms with E-state index < -0.39 is 0 Å². The fourth-order valence-corrected chi connectivity index (χ4v) is 3.82. The topological polar surface area (TPSA) is 43.6 Å². The van der Waals surface area contributed by atoms with Gasteiger partial charge in [-0.05, 0) is 61.6 Å². The maximum absolute atomic E-state index is 13.2. The van der Waals surface area contributed by atoms with E-state index >= 15 is 0 Å². The number of hydrogen-bond donors (Lipinski definition) is 0. The second-order valence-electron chi connectivity index (χ2n) is 5.92. The van der Waals surface area contributed by atoms with Gasteiger partial charge in [-0.1, -0.05) is 23.9 Å². The van der Waals surface area contributed by atoms with Crippen molar-refractivity contribution < 1.29 is 4.39 Å². The summed E-state index contributed by atoms with van der Waals surface area (Å²) in [6.45, 7) is 2.09. The lowest BCUT2D eigenvalue weighted by molar-refractivity contribution is 0.626. The van der Waals surface area contributed by atoms with E-state index in [9.17, 15) is 4.39 Å². The first-order chi connectivity index (χ1) is 11.7. The molecule has 0 amide bonds. The first-order valence-electron chi connectivity index (χ1n) is 7.99. The molecule has 0 spiro atoms. The highest BCUT2D eigenvalue weighted by molar-refractivity contribution is 7.98. The van der Waals surface area contributed by atoms with Crippen molar-refractivity contribution >= 4 is 11.8 Å². The highest BCUT2D eigenvalue weighted by Crippen LogP contribution is 2.26. The van der Waals surface area contributed by atoms with Gasteiger partial charge in [-0.2, -0.15) is 5.10 Å². The van der Waals surface area contributed by atoms with Crippen LogP contribution in [-0.4, -0.2) is 20.0 Å². The van der Waals surface area contributed by atoms with E-state index in [2.05, 4.69) is 22.2 Å². The van der Waals surface area contributed by atoms with Crippen LogP contribution in [0.1, 0.15) is 28.9 Å². The predicted octanol–water partition coefficient (Wildman–Crippen LogP) is 3.89. The second-order valence-corrected chi connectivity index (χ2v) is 6.92. The maximum atomic E-state index is 13.2. The standard InChI is InChI=1S/C18H17FN4S/c1-12-15-6-3-7-16(15)22-23(12)17-8-9-18(21-20-17)24-11-13-4-2-5-14(19)10-13/h2,4-5,8-10H,3,6-7,11H2,1H3. The first kappa shape index (κ1) is 15.3. The number of halogens is 1.